The van der Waals surface area contributed by atoms with Gasteiger partial charge < -0.3 is 9.47 Å². The van der Waals surface area contributed by atoms with Gasteiger partial charge in [0.1, 0.15) is 11.6 Å². The number of benzene rings is 1. The Labute approximate surface area is 136 Å². The van der Waals surface area contributed by atoms with E-state index < -0.39 is 14.5 Å². The van der Waals surface area contributed by atoms with Gasteiger partial charge in [0.05, 0.1) is 16.8 Å². The van der Waals surface area contributed by atoms with Crippen LogP contribution in [0.4, 0.5) is 4.39 Å². The van der Waals surface area contributed by atoms with E-state index >= 15 is 0 Å². The summed E-state index contributed by atoms with van der Waals surface area (Å²) in [5.74, 6) is -0.0691. The molecule has 0 bridgehead atoms. The van der Waals surface area contributed by atoms with Crippen molar-refractivity contribution in [2.45, 2.75) is 12.8 Å². The molecule has 0 spiro atoms. The second kappa shape index (κ2) is 6.81. The number of hydrogen-bond donors (Lipinski definition) is 0. The van der Waals surface area contributed by atoms with Gasteiger partial charge in [-0.05, 0) is 47.0 Å². The van der Waals surface area contributed by atoms with E-state index in [0.29, 0.717) is 36.3 Å². The fourth-order valence-corrected chi connectivity index (χ4v) is 4.46. The maximum atomic E-state index is 13.2. The van der Waals surface area contributed by atoms with Gasteiger partial charge in [0.25, 0.3) is 0 Å². The van der Waals surface area contributed by atoms with Crippen molar-refractivity contribution in [2.75, 3.05) is 25.6 Å². The Morgan fingerprint density at radius 1 is 1.38 bits per heavy atom. The molecule has 8 heteroatoms. The predicted molar refractivity (Wildman–Crippen MR) is 81.7 cm³/mol. The van der Waals surface area contributed by atoms with Crippen LogP contribution in [0, 0.1) is 11.2 Å². The van der Waals surface area contributed by atoms with Crippen LogP contribution in [0.1, 0.15) is 12.8 Å². The van der Waals surface area contributed by atoms with Crippen molar-refractivity contribution in [1.29, 1.82) is 0 Å². The lowest BCUT2D eigenvalue weighted by molar-refractivity contribution is 0.00226. The second-order valence-electron chi connectivity index (χ2n) is 5.16. The molecule has 1 fully saturated rings. The van der Waals surface area contributed by atoms with E-state index in [1.807, 2.05) is 0 Å². The Bertz CT molecular complexity index is 602. The molecule has 1 saturated heterocycles. The van der Waals surface area contributed by atoms with Crippen LogP contribution < -0.4 is 4.74 Å². The molecule has 1 aliphatic heterocycles. The minimum absolute atomic E-state index is 0.159. The maximum Gasteiger partial charge on any atom is 0.233 e. The Kier molecular flexibility index (Phi) is 5.51. The zero-order chi connectivity index (χ0) is 15.5. The van der Waals surface area contributed by atoms with Gasteiger partial charge in [-0.3, -0.25) is 0 Å². The lowest BCUT2D eigenvalue weighted by Crippen LogP contribution is -2.40. The molecule has 0 amide bonds. The standard InChI is InChI=1S/C13H15BrClFO4S/c14-11-7-10(1-2-12(11)16)20-8-13(9-21(15,17)18)3-5-19-6-4-13/h1-2,7H,3-6,8-9H2. The Morgan fingerprint density at radius 2 is 2.05 bits per heavy atom. The van der Waals surface area contributed by atoms with Gasteiger partial charge >= 0.3 is 0 Å². The number of hydrogen-bond acceptors (Lipinski definition) is 4. The largest absolute Gasteiger partial charge is 0.493 e. The van der Waals surface area contributed by atoms with Crippen LogP contribution in [0.5, 0.6) is 5.75 Å². The normalized spacial score (nSPS) is 18.4. The molecular weight excluding hydrogens is 387 g/mol. The van der Waals surface area contributed by atoms with Crippen molar-refractivity contribution in [3.05, 3.63) is 28.5 Å². The fraction of sp³-hybridized carbons (Fsp3) is 0.538. The topological polar surface area (TPSA) is 52.6 Å². The van der Waals surface area contributed by atoms with Crippen molar-refractivity contribution in [1.82, 2.24) is 0 Å². The molecule has 1 heterocycles. The van der Waals surface area contributed by atoms with Gasteiger partial charge in [-0.1, -0.05) is 0 Å². The molecule has 0 saturated carbocycles. The lowest BCUT2D eigenvalue weighted by Gasteiger charge is -2.35. The van der Waals surface area contributed by atoms with E-state index in [-0.39, 0.29) is 18.2 Å². The Hall–Kier alpha value is -0.370. The lowest BCUT2D eigenvalue weighted by atomic mass is 9.83. The van der Waals surface area contributed by atoms with E-state index in [9.17, 15) is 12.8 Å². The summed E-state index contributed by atoms with van der Waals surface area (Å²) >= 11 is 3.08. The van der Waals surface area contributed by atoms with Crippen molar-refractivity contribution in [3.63, 3.8) is 0 Å². The van der Waals surface area contributed by atoms with Crippen LogP contribution in [-0.2, 0) is 13.8 Å². The molecule has 0 aliphatic carbocycles. The van der Waals surface area contributed by atoms with Crippen LogP contribution >= 0.6 is 26.6 Å². The summed E-state index contributed by atoms with van der Waals surface area (Å²) in [4.78, 5) is 0. The smallest absolute Gasteiger partial charge is 0.233 e. The minimum Gasteiger partial charge on any atom is -0.493 e. The van der Waals surface area contributed by atoms with E-state index in [4.69, 9.17) is 20.2 Å². The van der Waals surface area contributed by atoms with E-state index in [0.717, 1.165) is 0 Å². The molecule has 1 aromatic rings. The van der Waals surface area contributed by atoms with Gasteiger partial charge in [0, 0.05) is 29.3 Å². The van der Waals surface area contributed by atoms with Gasteiger partial charge in [-0.15, -0.1) is 0 Å². The molecule has 4 nitrogen and oxygen atoms in total. The van der Waals surface area contributed by atoms with Crippen LogP contribution in [0.3, 0.4) is 0 Å². The average molecular weight is 402 g/mol. The summed E-state index contributed by atoms with van der Waals surface area (Å²) in [6.45, 7) is 1.14. The van der Waals surface area contributed by atoms with E-state index in [1.54, 1.807) is 0 Å². The van der Waals surface area contributed by atoms with Crippen molar-refractivity contribution < 1.29 is 22.3 Å². The molecule has 0 unspecified atom stereocenters. The van der Waals surface area contributed by atoms with Gasteiger partial charge in [-0.25, -0.2) is 12.8 Å². The fourth-order valence-electron chi connectivity index (χ4n) is 2.30. The third kappa shape index (κ3) is 5.09. The van der Waals surface area contributed by atoms with Crippen LogP contribution in [-0.4, -0.2) is 34.0 Å². The zero-order valence-corrected chi connectivity index (χ0v) is 14.3. The quantitative estimate of drug-likeness (QED) is 0.710. The van der Waals surface area contributed by atoms with Crippen molar-refractivity contribution >= 4 is 35.7 Å². The first-order chi connectivity index (χ1) is 9.80. The first-order valence-electron chi connectivity index (χ1n) is 6.38. The Balaban J connectivity index is 2.10. The summed E-state index contributed by atoms with van der Waals surface area (Å²) in [6, 6.07) is 4.30. The SMILES string of the molecule is O=S(=O)(Cl)CC1(COc2ccc(F)c(Br)c2)CCOCC1. The molecule has 0 aromatic heterocycles. The minimum atomic E-state index is -3.63. The van der Waals surface area contributed by atoms with Crippen molar-refractivity contribution in [3.8, 4) is 5.75 Å². The molecule has 1 aliphatic rings. The number of halogens is 3. The van der Waals surface area contributed by atoms with Gasteiger partial charge in [0.2, 0.25) is 9.05 Å². The van der Waals surface area contributed by atoms with Crippen LogP contribution in [0.25, 0.3) is 0 Å². The second-order valence-corrected chi connectivity index (χ2v) is 8.79. The molecule has 21 heavy (non-hydrogen) atoms. The van der Waals surface area contributed by atoms with Gasteiger partial charge in [0.15, 0.2) is 0 Å². The summed E-state index contributed by atoms with van der Waals surface area (Å²) < 4.78 is 47.3. The summed E-state index contributed by atoms with van der Waals surface area (Å²) in [6.07, 6.45) is 1.11. The predicted octanol–water partition coefficient (Wildman–Crippen LogP) is 3.33. The molecule has 0 atom stereocenters. The average Bonchev–Trinajstić information content (AvgIpc) is 2.39. The third-order valence-corrected chi connectivity index (χ3v) is 5.36. The van der Waals surface area contributed by atoms with Crippen LogP contribution in [0.15, 0.2) is 22.7 Å². The monoisotopic (exact) mass is 400 g/mol. The van der Waals surface area contributed by atoms with E-state index in [2.05, 4.69) is 15.9 Å². The Morgan fingerprint density at radius 3 is 2.62 bits per heavy atom. The molecule has 2 rings (SSSR count). The first-order valence-corrected chi connectivity index (χ1v) is 9.65. The highest BCUT2D eigenvalue weighted by Crippen LogP contribution is 2.34. The third-order valence-electron chi connectivity index (χ3n) is 3.47. The van der Waals surface area contributed by atoms with Gasteiger partial charge in [-0.2, -0.15) is 0 Å². The highest BCUT2D eigenvalue weighted by atomic mass is 79.9. The van der Waals surface area contributed by atoms with Crippen molar-refractivity contribution in [2.24, 2.45) is 5.41 Å². The zero-order valence-electron chi connectivity index (χ0n) is 11.1. The number of rotatable bonds is 5. The summed E-state index contributed by atoms with van der Waals surface area (Å²) in [5, 5.41) is 0. The molecule has 1 aromatic carbocycles. The molecule has 0 radical (unpaired) electrons. The van der Waals surface area contributed by atoms with E-state index in [1.165, 1.54) is 18.2 Å². The first kappa shape index (κ1) is 17.0. The van der Waals surface area contributed by atoms with Crippen LogP contribution in [0.2, 0.25) is 0 Å². The molecule has 118 valence electrons. The summed E-state index contributed by atoms with van der Waals surface area (Å²) in [7, 11) is 1.77. The molecule has 0 N–H and O–H groups in total. The molecular formula is C13H15BrClFO4S. The summed E-state index contributed by atoms with van der Waals surface area (Å²) in [5.41, 5.74) is -0.570. The highest BCUT2D eigenvalue weighted by molar-refractivity contribution is 9.10. The highest BCUT2D eigenvalue weighted by Gasteiger charge is 2.37. The number of ether oxygens (including phenoxy) is 2. The maximum absolute atomic E-state index is 13.2.